The standard InChI is InChI=1S/C13H16O2/c1-8(14)11-7-12(11)9-2-3-13-10(6-9)4-5-15-13/h2-3,6,8,11-12,14H,4-5,7H2,1H3/t8-,11+,12-/m1/s1. The predicted octanol–water partition coefficient (Wildman–Crippen LogP) is 2.11. The average Bonchev–Trinajstić information content (AvgIpc) is 2.89. The van der Waals surface area contributed by atoms with Crippen LogP contribution in [0.1, 0.15) is 30.4 Å². The zero-order valence-electron chi connectivity index (χ0n) is 8.94. The van der Waals surface area contributed by atoms with Crippen molar-refractivity contribution >= 4 is 0 Å². The van der Waals surface area contributed by atoms with Crippen molar-refractivity contribution in [2.24, 2.45) is 5.92 Å². The number of aliphatic hydroxyl groups is 1. The number of ether oxygens (including phenoxy) is 1. The normalized spacial score (nSPS) is 29.5. The van der Waals surface area contributed by atoms with Crippen LogP contribution in [0.4, 0.5) is 0 Å². The van der Waals surface area contributed by atoms with Gasteiger partial charge in [0.2, 0.25) is 0 Å². The van der Waals surface area contributed by atoms with Gasteiger partial charge in [-0.3, -0.25) is 0 Å². The van der Waals surface area contributed by atoms with E-state index in [2.05, 4.69) is 18.2 Å². The molecule has 0 spiro atoms. The van der Waals surface area contributed by atoms with Gasteiger partial charge in [0.15, 0.2) is 0 Å². The van der Waals surface area contributed by atoms with E-state index in [1.807, 2.05) is 6.92 Å². The molecule has 0 radical (unpaired) electrons. The fourth-order valence-electron chi connectivity index (χ4n) is 2.57. The first kappa shape index (κ1) is 9.22. The maximum absolute atomic E-state index is 9.49. The highest BCUT2D eigenvalue weighted by Crippen LogP contribution is 2.50. The maximum Gasteiger partial charge on any atom is 0.122 e. The Morgan fingerprint density at radius 3 is 3.07 bits per heavy atom. The number of fused-ring (bicyclic) bond motifs is 1. The summed E-state index contributed by atoms with van der Waals surface area (Å²) in [5.74, 6) is 2.11. The van der Waals surface area contributed by atoms with Gasteiger partial charge in [0.25, 0.3) is 0 Å². The van der Waals surface area contributed by atoms with E-state index in [4.69, 9.17) is 4.74 Å². The van der Waals surface area contributed by atoms with Crippen LogP contribution in [0.5, 0.6) is 5.75 Å². The SMILES string of the molecule is C[C@@H](O)[C@@H]1C[C@@H]1c1ccc2c(c1)CCO2. The Labute approximate surface area is 89.9 Å². The van der Waals surface area contributed by atoms with Crippen molar-refractivity contribution in [2.45, 2.75) is 31.8 Å². The third-order valence-electron chi connectivity index (χ3n) is 3.60. The summed E-state index contributed by atoms with van der Waals surface area (Å²) in [5.41, 5.74) is 2.72. The third kappa shape index (κ3) is 1.53. The quantitative estimate of drug-likeness (QED) is 0.799. The van der Waals surface area contributed by atoms with Gasteiger partial charge in [0.1, 0.15) is 5.75 Å². The Kier molecular flexibility index (Phi) is 1.99. The number of aliphatic hydroxyl groups excluding tert-OH is 1. The molecule has 0 aromatic heterocycles. The highest BCUT2D eigenvalue weighted by Gasteiger charge is 2.41. The fourth-order valence-corrected chi connectivity index (χ4v) is 2.57. The lowest BCUT2D eigenvalue weighted by Gasteiger charge is -2.05. The van der Waals surface area contributed by atoms with Crippen LogP contribution >= 0.6 is 0 Å². The van der Waals surface area contributed by atoms with E-state index >= 15 is 0 Å². The van der Waals surface area contributed by atoms with Gasteiger partial charge in [0.05, 0.1) is 12.7 Å². The first-order valence-electron chi connectivity index (χ1n) is 5.69. The molecule has 1 N–H and O–H groups in total. The summed E-state index contributed by atoms with van der Waals surface area (Å²) < 4.78 is 5.48. The zero-order valence-corrected chi connectivity index (χ0v) is 8.94. The van der Waals surface area contributed by atoms with Gasteiger partial charge in [-0.1, -0.05) is 12.1 Å². The maximum atomic E-state index is 9.49. The van der Waals surface area contributed by atoms with Crippen LogP contribution in [-0.2, 0) is 6.42 Å². The molecule has 1 aliphatic carbocycles. The lowest BCUT2D eigenvalue weighted by molar-refractivity contribution is 0.169. The van der Waals surface area contributed by atoms with Crippen molar-refractivity contribution in [2.75, 3.05) is 6.61 Å². The Balaban J connectivity index is 1.83. The lowest BCUT2D eigenvalue weighted by atomic mass is 10.0. The monoisotopic (exact) mass is 204 g/mol. The largest absolute Gasteiger partial charge is 0.493 e. The van der Waals surface area contributed by atoms with Crippen molar-refractivity contribution in [3.05, 3.63) is 29.3 Å². The highest BCUT2D eigenvalue weighted by molar-refractivity contribution is 5.42. The van der Waals surface area contributed by atoms with Crippen molar-refractivity contribution in [1.29, 1.82) is 0 Å². The van der Waals surface area contributed by atoms with Gasteiger partial charge >= 0.3 is 0 Å². The molecule has 3 atom stereocenters. The molecule has 1 heterocycles. The summed E-state index contributed by atoms with van der Waals surface area (Å²) in [5, 5.41) is 9.49. The second kappa shape index (κ2) is 3.24. The van der Waals surface area contributed by atoms with Crippen molar-refractivity contribution in [3.63, 3.8) is 0 Å². The Hall–Kier alpha value is -1.02. The molecule has 0 bridgehead atoms. The van der Waals surface area contributed by atoms with Gasteiger partial charge in [0, 0.05) is 6.42 Å². The van der Waals surface area contributed by atoms with Crippen molar-refractivity contribution in [1.82, 2.24) is 0 Å². The molecule has 1 aliphatic heterocycles. The van der Waals surface area contributed by atoms with Crippen LogP contribution in [0.15, 0.2) is 18.2 Å². The smallest absolute Gasteiger partial charge is 0.122 e. The second-order valence-electron chi connectivity index (χ2n) is 4.71. The third-order valence-corrected chi connectivity index (χ3v) is 3.60. The predicted molar refractivity (Wildman–Crippen MR) is 58.2 cm³/mol. The molecule has 0 saturated heterocycles. The minimum Gasteiger partial charge on any atom is -0.493 e. The zero-order chi connectivity index (χ0) is 10.4. The summed E-state index contributed by atoms with van der Waals surface area (Å²) in [6.45, 7) is 2.71. The average molecular weight is 204 g/mol. The van der Waals surface area contributed by atoms with E-state index in [0.717, 1.165) is 25.2 Å². The van der Waals surface area contributed by atoms with E-state index in [9.17, 15) is 5.11 Å². The number of rotatable bonds is 2. The summed E-state index contributed by atoms with van der Waals surface area (Å²) in [6.07, 6.45) is 2.01. The molecule has 3 rings (SSSR count). The van der Waals surface area contributed by atoms with E-state index in [1.165, 1.54) is 11.1 Å². The first-order chi connectivity index (χ1) is 7.25. The molecule has 80 valence electrons. The number of benzene rings is 1. The summed E-state index contributed by atoms with van der Waals surface area (Å²) in [6, 6.07) is 6.49. The minimum absolute atomic E-state index is 0.167. The summed E-state index contributed by atoms with van der Waals surface area (Å²) >= 11 is 0. The van der Waals surface area contributed by atoms with Crippen LogP contribution in [0.3, 0.4) is 0 Å². The molecule has 2 aliphatic rings. The van der Waals surface area contributed by atoms with Gasteiger partial charge in [-0.2, -0.15) is 0 Å². The number of hydrogen-bond donors (Lipinski definition) is 1. The molecule has 2 nitrogen and oxygen atoms in total. The molecule has 15 heavy (non-hydrogen) atoms. The van der Waals surface area contributed by atoms with Gasteiger partial charge < -0.3 is 9.84 Å². The molecular weight excluding hydrogens is 188 g/mol. The molecule has 0 unspecified atom stereocenters. The Morgan fingerprint density at radius 1 is 1.47 bits per heavy atom. The van der Waals surface area contributed by atoms with E-state index in [-0.39, 0.29) is 6.10 Å². The van der Waals surface area contributed by atoms with E-state index in [1.54, 1.807) is 0 Å². The topological polar surface area (TPSA) is 29.5 Å². The van der Waals surface area contributed by atoms with Crippen LogP contribution in [0.2, 0.25) is 0 Å². The molecule has 1 saturated carbocycles. The molecular formula is C13H16O2. The van der Waals surface area contributed by atoms with Crippen LogP contribution in [0.25, 0.3) is 0 Å². The van der Waals surface area contributed by atoms with Crippen LogP contribution in [-0.4, -0.2) is 17.8 Å². The van der Waals surface area contributed by atoms with E-state index in [0.29, 0.717) is 11.8 Å². The van der Waals surface area contributed by atoms with Gasteiger partial charge in [-0.15, -0.1) is 0 Å². The fraction of sp³-hybridized carbons (Fsp3) is 0.538. The van der Waals surface area contributed by atoms with Gasteiger partial charge in [-0.25, -0.2) is 0 Å². The molecule has 0 amide bonds. The Morgan fingerprint density at radius 2 is 2.33 bits per heavy atom. The lowest BCUT2D eigenvalue weighted by Crippen LogP contribution is -2.03. The highest BCUT2D eigenvalue weighted by atomic mass is 16.5. The second-order valence-corrected chi connectivity index (χ2v) is 4.71. The minimum atomic E-state index is -0.167. The van der Waals surface area contributed by atoms with Gasteiger partial charge in [-0.05, 0) is 42.4 Å². The molecule has 1 aromatic rings. The summed E-state index contributed by atoms with van der Waals surface area (Å²) in [4.78, 5) is 0. The molecule has 1 aromatic carbocycles. The molecule has 2 heteroatoms. The van der Waals surface area contributed by atoms with Crippen LogP contribution < -0.4 is 4.74 Å². The van der Waals surface area contributed by atoms with Crippen molar-refractivity contribution in [3.8, 4) is 5.75 Å². The van der Waals surface area contributed by atoms with Crippen molar-refractivity contribution < 1.29 is 9.84 Å². The van der Waals surface area contributed by atoms with Crippen LogP contribution in [0, 0.1) is 5.92 Å². The first-order valence-corrected chi connectivity index (χ1v) is 5.69. The number of hydrogen-bond acceptors (Lipinski definition) is 2. The Bertz CT molecular complexity index is 384. The summed E-state index contributed by atoms with van der Waals surface area (Å²) in [7, 11) is 0. The van der Waals surface area contributed by atoms with E-state index < -0.39 is 0 Å². The molecule has 1 fully saturated rings.